The summed E-state index contributed by atoms with van der Waals surface area (Å²) in [5.41, 5.74) is 2.42. The smallest absolute Gasteiger partial charge is 0.282 e. The fraction of sp³-hybridized carbons (Fsp3) is 0.562. The average molecular weight is 261 g/mol. The zero-order valence-electron chi connectivity index (χ0n) is 12.4. The van der Waals surface area contributed by atoms with Crippen LogP contribution in [0.1, 0.15) is 26.3 Å². The van der Waals surface area contributed by atoms with Gasteiger partial charge in [-0.3, -0.25) is 4.79 Å². The van der Waals surface area contributed by atoms with Crippen molar-refractivity contribution in [3.05, 3.63) is 29.8 Å². The number of carbonyl (C=O) groups excluding carboxylic acids is 1. The molecule has 0 aromatic heterocycles. The van der Waals surface area contributed by atoms with Crippen molar-refractivity contribution in [2.45, 2.75) is 27.2 Å². The zero-order valence-corrected chi connectivity index (χ0v) is 12.4. The van der Waals surface area contributed by atoms with Crippen molar-refractivity contribution in [1.29, 1.82) is 0 Å². The normalized spacial score (nSPS) is 14.6. The van der Waals surface area contributed by atoms with E-state index in [0.29, 0.717) is 6.54 Å². The highest BCUT2D eigenvalue weighted by molar-refractivity contribution is 5.96. The van der Waals surface area contributed by atoms with E-state index < -0.39 is 0 Å². The third-order valence-electron chi connectivity index (χ3n) is 4.67. The molecule has 104 valence electrons. The number of anilines is 1. The molecule has 1 amide bonds. The fourth-order valence-corrected chi connectivity index (χ4v) is 2.98. The highest BCUT2D eigenvalue weighted by atomic mass is 16.2. The molecule has 2 rings (SSSR count). The molecule has 0 spiro atoms. The molecule has 19 heavy (non-hydrogen) atoms. The maximum Gasteiger partial charge on any atom is 0.282 e. The van der Waals surface area contributed by atoms with Gasteiger partial charge < -0.3 is 9.38 Å². The van der Waals surface area contributed by atoms with Crippen molar-refractivity contribution < 1.29 is 9.28 Å². The Labute approximate surface area is 116 Å². The van der Waals surface area contributed by atoms with Crippen LogP contribution in [-0.4, -0.2) is 43.1 Å². The van der Waals surface area contributed by atoms with E-state index in [2.05, 4.69) is 39.0 Å². The molecule has 0 aliphatic carbocycles. The molecule has 0 saturated carbocycles. The third kappa shape index (κ3) is 2.66. The van der Waals surface area contributed by atoms with E-state index >= 15 is 0 Å². The van der Waals surface area contributed by atoms with Crippen molar-refractivity contribution in [3.63, 3.8) is 0 Å². The minimum Gasteiger partial charge on any atom is -0.317 e. The van der Waals surface area contributed by atoms with E-state index in [0.717, 1.165) is 42.8 Å². The second-order valence-electron chi connectivity index (χ2n) is 5.37. The standard InChI is InChI=1S/C16H25N2O/c1-4-18(5-2,6-3)13-16(19)17-12-11-14-9-7-8-10-15(14)17/h7-10H,4-6,11-13H2,1-3H3/q+1. The first-order chi connectivity index (χ1) is 9.15. The minimum atomic E-state index is 0.274. The predicted molar refractivity (Wildman–Crippen MR) is 79.2 cm³/mol. The van der Waals surface area contributed by atoms with Crippen molar-refractivity contribution in [2.75, 3.05) is 37.6 Å². The molecule has 0 N–H and O–H groups in total. The summed E-state index contributed by atoms with van der Waals surface area (Å²) >= 11 is 0. The molecule has 0 unspecified atom stereocenters. The van der Waals surface area contributed by atoms with Crippen molar-refractivity contribution in [2.24, 2.45) is 0 Å². The molecule has 0 atom stereocenters. The summed E-state index contributed by atoms with van der Waals surface area (Å²) in [6.45, 7) is 11.1. The summed E-state index contributed by atoms with van der Waals surface area (Å²) in [6.07, 6.45) is 0.992. The molecular weight excluding hydrogens is 236 g/mol. The van der Waals surface area contributed by atoms with Crippen LogP contribution in [0.2, 0.25) is 0 Å². The second kappa shape index (κ2) is 5.74. The number of quaternary nitrogens is 1. The molecule has 1 aromatic rings. The lowest BCUT2D eigenvalue weighted by molar-refractivity contribution is -0.915. The highest BCUT2D eigenvalue weighted by Gasteiger charge is 2.31. The van der Waals surface area contributed by atoms with Gasteiger partial charge in [0.05, 0.1) is 19.6 Å². The van der Waals surface area contributed by atoms with Crippen LogP contribution in [-0.2, 0) is 11.2 Å². The number of benzene rings is 1. The molecule has 0 bridgehead atoms. The van der Waals surface area contributed by atoms with Gasteiger partial charge in [-0.2, -0.15) is 0 Å². The zero-order chi connectivity index (χ0) is 13.9. The van der Waals surface area contributed by atoms with E-state index in [1.165, 1.54) is 5.56 Å². The Morgan fingerprint density at radius 2 is 1.79 bits per heavy atom. The molecule has 1 aromatic carbocycles. The van der Waals surface area contributed by atoms with Gasteiger partial charge in [-0.25, -0.2) is 0 Å². The van der Waals surface area contributed by atoms with Crippen molar-refractivity contribution >= 4 is 11.6 Å². The number of carbonyl (C=O) groups is 1. The first-order valence-corrected chi connectivity index (χ1v) is 7.39. The van der Waals surface area contributed by atoms with Gasteiger partial charge in [-0.15, -0.1) is 0 Å². The lowest BCUT2D eigenvalue weighted by Crippen LogP contribution is -2.53. The maximum absolute atomic E-state index is 12.6. The summed E-state index contributed by atoms with van der Waals surface area (Å²) in [7, 11) is 0. The van der Waals surface area contributed by atoms with Crippen LogP contribution < -0.4 is 4.90 Å². The summed E-state index contributed by atoms with van der Waals surface area (Å²) in [5.74, 6) is 0.274. The van der Waals surface area contributed by atoms with Gasteiger partial charge in [0.1, 0.15) is 0 Å². The van der Waals surface area contributed by atoms with E-state index in [1.54, 1.807) is 0 Å². The van der Waals surface area contributed by atoms with Crippen LogP contribution in [0.5, 0.6) is 0 Å². The van der Waals surface area contributed by atoms with E-state index in [1.807, 2.05) is 11.0 Å². The van der Waals surface area contributed by atoms with E-state index in [9.17, 15) is 4.79 Å². The Balaban J connectivity index is 2.14. The summed E-state index contributed by atoms with van der Waals surface area (Å²) in [4.78, 5) is 14.6. The molecule has 0 saturated heterocycles. The average Bonchev–Trinajstić information content (AvgIpc) is 2.89. The quantitative estimate of drug-likeness (QED) is 0.746. The van der Waals surface area contributed by atoms with Gasteiger partial charge in [0, 0.05) is 12.2 Å². The Kier molecular flexibility index (Phi) is 4.25. The molecule has 0 fully saturated rings. The first kappa shape index (κ1) is 14.1. The minimum absolute atomic E-state index is 0.274. The number of amides is 1. The molecule has 1 heterocycles. The first-order valence-electron chi connectivity index (χ1n) is 7.39. The molecule has 1 aliphatic rings. The molecule has 3 nitrogen and oxygen atoms in total. The molecular formula is C16H25N2O+. The lowest BCUT2D eigenvalue weighted by atomic mass is 10.2. The summed E-state index contributed by atoms with van der Waals surface area (Å²) in [6, 6.07) is 8.27. The van der Waals surface area contributed by atoms with Gasteiger partial charge in [0.25, 0.3) is 5.91 Å². The number of hydrogen-bond acceptors (Lipinski definition) is 1. The Hall–Kier alpha value is -1.35. The maximum atomic E-state index is 12.6. The van der Waals surface area contributed by atoms with E-state index in [4.69, 9.17) is 0 Å². The van der Waals surface area contributed by atoms with Gasteiger partial charge >= 0.3 is 0 Å². The number of hydrogen-bond donors (Lipinski definition) is 0. The second-order valence-corrected chi connectivity index (χ2v) is 5.37. The van der Waals surface area contributed by atoms with Crippen molar-refractivity contribution in [1.82, 2.24) is 0 Å². The third-order valence-corrected chi connectivity index (χ3v) is 4.67. The fourth-order valence-electron chi connectivity index (χ4n) is 2.98. The lowest BCUT2D eigenvalue weighted by Gasteiger charge is -2.36. The summed E-state index contributed by atoms with van der Waals surface area (Å²) in [5, 5.41) is 0. The number of likely N-dealkylation sites (N-methyl/N-ethyl adjacent to an activating group) is 1. The molecule has 1 aliphatic heterocycles. The summed E-state index contributed by atoms with van der Waals surface area (Å²) < 4.78 is 0.886. The van der Waals surface area contributed by atoms with Crippen LogP contribution >= 0.6 is 0 Å². The number of fused-ring (bicyclic) bond motifs is 1. The van der Waals surface area contributed by atoms with Gasteiger partial charge in [-0.1, -0.05) is 18.2 Å². The van der Waals surface area contributed by atoms with Crippen LogP contribution in [0, 0.1) is 0 Å². The Bertz CT molecular complexity index is 444. The van der Waals surface area contributed by atoms with Crippen LogP contribution in [0.25, 0.3) is 0 Å². The Morgan fingerprint density at radius 3 is 2.42 bits per heavy atom. The topological polar surface area (TPSA) is 20.3 Å². The van der Waals surface area contributed by atoms with E-state index in [-0.39, 0.29) is 5.91 Å². The van der Waals surface area contributed by atoms with Gasteiger partial charge in [-0.05, 0) is 38.8 Å². The van der Waals surface area contributed by atoms with Crippen molar-refractivity contribution in [3.8, 4) is 0 Å². The van der Waals surface area contributed by atoms with Gasteiger partial charge in [0.15, 0.2) is 6.54 Å². The SMILES string of the molecule is CC[N+](CC)(CC)CC(=O)N1CCc2ccccc21. The molecule has 0 radical (unpaired) electrons. The number of rotatable bonds is 5. The largest absolute Gasteiger partial charge is 0.317 e. The predicted octanol–water partition coefficient (Wildman–Crippen LogP) is 2.45. The van der Waals surface area contributed by atoms with Crippen LogP contribution in [0.15, 0.2) is 24.3 Å². The van der Waals surface area contributed by atoms with Gasteiger partial charge in [0.2, 0.25) is 0 Å². The highest BCUT2D eigenvalue weighted by Crippen LogP contribution is 2.27. The number of nitrogens with zero attached hydrogens (tertiary/aromatic N) is 2. The monoisotopic (exact) mass is 261 g/mol. The van der Waals surface area contributed by atoms with Crippen LogP contribution in [0.3, 0.4) is 0 Å². The molecule has 3 heteroatoms. The Morgan fingerprint density at radius 1 is 1.16 bits per heavy atom. The van der Waals surface area contributed by atoms with Crippen LogP contribution in [0.4, 0.5) is 5.69 Å². The number of para-hydroxylation sites is 1.